The first kappa shape index (κ1) is 14.9. The van der Waals surface area contributed by atoms with Gasteiger partial charge in [-0.1, -0.05) is 20.8 Å². The third-order valence-electron chi connectivity index (χ3n) is 4.42. The molecule has 1 atom stereocenters. The fourth-order valence-electron chi connectivity index (χ4n) is 2.77. The van der Waals surface area contributed by atoms with Crippen LogP contribution in [-0.2, 0) is 0 Å². The SMILES string of the molecule is CCC1CN(C)CCCN1CC(N)(CC)CC. The van der Waals surface area contributed by atoms with Crippen LogP contribution in [0.5, 0.6) is 0 Å². The van der Waals surface area contributed by atoms with Crippen LogP contribution >= 0.6 is 0 Å². The summed E-state index contributed by atoms with van der Waals surface area (Å²) in [5.41, 5.74) is 6.48. The van der Waals surface area contributed by atoms with E-state index in [1.807, 2.05) is 0 Å². The van der Waals surface area contributed by atoms with E-state index in [0.29, 0.717) is 6.04 Å². The van der Waals surface area contributed by atoms with Crippen molar-refractivity contribution >= 4 is 0 Å². The number of nitrogens with two attached hydrogens (primary N) is 1. The Morgan fingerprint density at radius 2 is 1.82 bits per heavy atom. The number of likely N-dealkylation sites (N-methyl/N-ethyl adjacent to an activating group) is 1. The van der Waals surface area contributed by atoms with Crippen molar-refractivity contribution in [3.63, 3.8) is 0 Å². The molecule has 102 valence electrons. The molecule has 0 saturated carbocycles. The maximum atomic E-state index is 6.47. The van der Waals surface area contributed by atoms with Crippen molar-refractivity contribution in [1.29, 1.82) is 0 Å². The van der Waals surface area contributed by atoms with Gasteiger partial charge in [-0.2, -0.15) is 0 Å². The predicted octanol–water partition coefficient (Wildman–Crippen LogP) is 1.92. The fourth-order valence-corrected chi connectivity index (χ4v) is 2.77. The predicted molar refractivity (Wildman–Crippen MR) is 75.3 cm³/mol. The van der Waals surface area contributed by atoms with E-state index in [0.717, 1.165) is 19.4 Å². The van der Waals surface area contributed by atoms with Crippen LogP contribution in [0.2, 0.25) is 0 Å². The molecule has 0 aromatic rings. The normalized spacial score (nSPS) is 24.9. The summed E-state index contributed by atoms with van der Waals surface area (Å²) < 4.78 is 0. The Labute approximate surface area is 107 Å². The Balaban J connectivity index is 2.65. The number of nitrogens with zero attached hydrogens (tertiary/aromatic N) is 2. The Kier molecular flexibility index (Phi) is 5.90. The van der Waals surface area contributed by atoms with Gasteiger partial charge in [-0.25, -0.2) is 0 Å². The minimum absolute atomic E-state index is 0.0102. The van der Waals surface area contributed by atoms with Crippen LogP contribution < -0.4 is 5.73 Å². The van der Waals surface area contributed by atoms with E-state index in [9.17, 15) is 0 Å². The lowest BCUT2D eigenvalue weighted by Gasteiger charge is -2.38. The topological polar surface area (TPSA) is 32.5 Å². The van der Waals surface area contributed by atoms with E-state index >= 15 is 0 Å². The second-order valence-corrected chi connectivity index (χ2v) is 5.72. The van der Waals surface area contributed by atoms with E-state index in [1.165, 1.54) is 32.5 Å². The lowest BCUT2D eigenvalue weighted by Crippen LogP contribution is -2.53. The zero-order valence-corrected chi connectivity index (χ0v) is 12.2. The average Bonchev–Trinajstić information content (AvgIpc) is 2.51. The molecule has 1 aliphatic rings. The van der Waals surface area contributed by atoms with Gasteiger partial charge in [0.1, 0.15) is 0 Å². The first-order valence-corrected chi connectivity index (χ1v) is 7.26. The third kappa shape index (κ3) is 4.23. The lowest BCUT2D eigenvalue weighted by molar-refractivity contribution is 0.140. The monoisotopic (exact) mass is 241 g/mol. The molecule has 0 aromatic carbocycles. The van der Waals surface area contributed by atoms with Gasteiger partial charge in [0, 0.05) is 24.7 Å². The molecule has 0 aromatic heterocycles. The maximum absolute atomic E-state index is 6.47. The Morgan fingerprint density at radius 1 is 1.18 bits per heavy atom. The Hall–Kier alpha value is -0.120. The maximum Gasteiger partial charge on any atom is 0.0278 e. The average molecular weight is 241 g/mol. The first-order chi connectivity index (χ1) is 8.04. The van der Waals surface area contributed by atoms with Crippen molar-refractivity contribution in [1.82, 2.24) is 9.80 Å². The molecule has 3 nitrogen and oxygen atoms in total. The Bertz CT molecular complexity index is 214. The highest BCUT2D eigenvalue weighted by Gasteiger charge is 2.29. The van der Waals surface area contributed by atoms with Crippen molar-refractivity contribution in [2.75, 3.05) is 33.2 Å². The minimum Gasteiger partial charge on any atom is -0.324 e. The van der Waals surface area contributed by atoms with Gasteiger partial charge in [-0.05, 0) is 45.8 Å². The van der Waals surface area contributed by atoms with Gasteiger partial charge in [-0.15, -0.1) is 0 Å². The fraction of sp³-hybridized carbons (Fsp3) is 1.00. The summed E-state index contributed by atoms with van der Waals surface area (Å²) >= 11 is 0. The van der Waals surface area contributed by atoms with E-state index in [4.69, 9.17) is 5.73 Å². The van der Waals surface area contributed by atoms with E-state index in [1.54, 1.807) is 0 Å². The van der Waals surface area contributed by atoms with Gasteiger partial charge in [0.25, 0.3) is 0 Å². The Morgan fingerprint density at radius 3 is 2.35 bits per heavy atom. The summed E-state index contributed by atoms with van der Waals surface area (Å²) in [6.07, 6.45) is 4.66. The number of hydrogen-bond acceptors (Lipinski definition) is 3. The van der Waals surface area contributed by atoms with Crippen LogP contribution in [0.3, 0.4) is 0 Å². The van der Waals surface area contributed by atoms with Crippen LogP contribution in [0.25, 0.3) is 0 Å². The molecular formula is C14H31N3. The second-order valence-electron chi connectivity index (χ2n) is 5.72. The van der Waals surface area contributed by atoms with E-state index in [2.05, 4.69) is 37.6 Å². The van der Waals surface area contributed by atoms with Gasteiger partial charge in [0.15, 0.2) is 0 Å². The molecule has 1 aliphatic heterocycles. The smallest absolute Gasteiger partial charge is 0.0278 e. The lowest BCUT2D eigenvalue weighted by atomic mass is 9.92. The zero-order chi connectivity index (χ0) is 12.9. The van der Waals surface area contributed by atoms with Crippen molar-refractivity contribution in [3.8, 4) is 0 Å². The van der Waals surface area contributed by atoms with Crippen LogP contribution in [0, 0.1) is 0 Å². The molecule has 1 unspecified atom stereocenters. The zero-order valence-electron chi connectivity index (χ0n) is 12.2. The molecule has 2 N–H and O–H groups in total. The highest BCUT2D eigenvalue weighted by atomic mass is 15.2. The summed E-state index contributed by atoms with van der Waals surface area (Å²) in [5.74, 6) is 0. The number of hydrogen-bond donors (Lipinski definition) is 1. The van der Waals surface area contributed by atoms with Gasteiger partial charge in [-0.3, -0.25) is 4.90 Å². The highest BCUT2D eigenvalue weighted by Crippen LogP contribution is 2.19. The largest absolute Gasteiger partial charge is 0.324 e. The summed E-state index contributed by atoms with van der Waals surface area (Å²) in [6.45, 7) is 11.4. The molecule has 0 bridgehead atoms. The molecular weight excluding hydrogens is 210 g/mol. The van der Waals surface area contributed by atoms with Crippen LogP contribution in [-0.4, -0.2) is 54.6 Å². The molecule has 0 spiro atoms. The number of rotatable bonds is 5. The molecule has 1 rings (SSSR count). The highest BCUT2D eigenvalue weighted by molar-refractivity contribution is 4.89. The molecule has 0 amide bonds. The third-order valence-corrected chi connectivity index (χ3v) is 4.42. The van der Waals surface area contributed by atoms with E-state index in [-0.39, 0.29) is 5.54 Å². The molecule has 0 aliphatic carbocycles. The van der Waals surface area contributed by atoms with Gasteiger partial charge < -0.3 is 10.6 Å². The van der Waals surface area contributed by atoms with Crippen LogP contribution in [0.4, 0.5) is 0 Å². The van der Waals surface area contributed by atoms with Crippen molar-refractivity contribution in [3.05, 3.63) is 0 Å². The van der Waals surface area contributed by atoms with Gasteiger partial charge >= 0.3 is 0 Å². The molecule has 1 saturated heterocycles. The molecule has 0 radical (unpaired) electrons. The molecule has 3 heteroatoms. The summed E-state index contributed by atoms with van der Waals surface area (Å²) in [4.78, 5) is 5.10. The first-order valence-electron chi connectivity index (χ1n) is 7.26. The standard InChI is InChI=1S/C14H31N3/c1-5-13-11-16(4)9-8-10-17(13)12-14(15,6-2)7-3/h13H,5-12,15H2,1-4H3. The van der Waals surface area contributed by atoms with E-state index < -0.39 is 0 Å². The summed E-state index contributed by atoms with van der Waals surface area (Å²) in [5, 5.41) is 0. The molecule has 1 heterocycles. The summed E-state index contributed by atoms with van der Waals surface area (Å²) in [7, 11) is 2.24. The van der Waals surface area contributed by atoms with Crippen LogP contribution in [0.1, 0.15) is 46.5 Å². The van der Waals surface area contributed by atoms with Crippen molar-refractivity contribution in [2.45, 2.75) is 58.0 Å². The second kappa shape index (κ2) is 6.72. The van der Waals surface area contributed by atoms with Gasteiger partial charge in [0.2, 0.25) is 0 Å². The van der Waals surface area contributed by atoms with Gasteiger partial charge in [0.05, 0.1) is 0 Å². The molecule has 17 heavy (non-hydrogen) atoms. The quantitative estimate of drug-likeness (QED) is 0.798. The minimum atomic E-state index is 0.0102. The summed E-state index contributed by atoms with van der Waals surface area (Å²) in [6, 6.07) is 0.684. The van der Waals surface area contributed by atoms with Crippen molar-refractivity contribution < 1.29 is 0 Å². The van der Waals surface area contributed by atoms with Crippen LogP contribution in [0.15, 0.2) is 0 Å². The molecule has 1 fully saturated rings. The van der Waals surface area contributed by atoms with Crippen molar-refractivity contribution in [2.24, 2.45) is 5.73 Å².